The van der Waals surface area contributed by atoms with Gasteiger partial charge in [0, 0.05) is 50.7 Å². The monoisotopic (exact) mass is 563 g/mol. The number of piperazine rings is 1. The molecule has 2 saturated heterocycles. The summed E-state index contributed by atoms with van der Waals surface area (Å²) in [4.78, 5) is 2.41. The summed E-state index contributed by atoms with van der Waals surface area (Å²) in [7, 11) is -3.59. The third kappa shape index (κ3) is 5.42. The van der Waals surface area contributed by atoms with Crippen molar-refractivity contribution < 1.29 is 17.5 Å². The molecular weight excluding hydrogens is 529 g/mol. The van der Waals surface area contributed by atoms with Crippen LogP contribution >= 0.6 is 0 Å². The third-order valence-electron chi connectivity index (χ3n) is 7.99. The number of hydrogen-bond donors (Lipinski definition) is 0. The van der Waals surface area contributed by atoms with Gasteiger partial charge in [-0.3, -0.25) is 4.90 Å². The van der Waals surface area contributed by atoms with Crippen molar-refractivity contribution in [1.82, 2.24) is 23.3 Å². The predicted molar refractivity (Wildman–Crippen MR) is 153 cm³/mol. The van der Waals surface area contributed by atoms with E-state index in [9.17, 15) is 12.8 Å². The maximum atomic E-state index is 13.6. The number of rotatable bonds is 7. The first-order chi connectivity index (χ1) is 19.4. The number of ether oxygens (including phenoxy) is 1. The number of hydrogen-bond acceptors (Lipinski definition) is 5. The third-order valence-corrected chi connectivity index (χ3v) is 10.00. The first-order valence-electron chi connectivity index (χ1n) is 13.8. The molecule has 40 heavy (non-hydrogen) atoms. The summed E-state index contributed by atoms with van der Waals surface area (Å²) in [5.41, 5.74) is 5.14. The molecule has 0 unspecified atom stereocenters. The van der Waals surface area contributed by atoms with E-state index in [1.165, 1.54) is 17.7 Å². The summed E-state index contributed by atoms with van der Waals surface area (Å²) in [6.07, 6.45) is 2.71. The van der Waals surface area contributed by atoms with Gasteiger partial charge >= 0.3 is 0 Å². The maximum absolute atomic E-state index is 13.6. The van der Waals surface area contributed by atoms with Crippen molar-refractivity contribution in [3.8, 4) is 5.69 Å². The Kier molecular flexibility index (Phi) is 7.69. The summed E-state index contributed by atoms with van der Waals surface area (Å²) in [5, 5.41) is 5.55. The zero-order chi connectivity index (χ0) is 27.7. The second-order valence-corrected chi connectivity index (χ2v) is 12.4. The number of aryl methyl sites for hydroxylation is 1. The number of fused-ring (bicyclic) bond motifs is 1. The van der Waals surface area contributed by atoms with Crippen LogP contribution in [0.25, 0.3) is 16.6 Å². The van der Waals surface area contributed by atoms with Gasteiger partial charge in [0.1, 0.15) is 5.82 Å². The molecule has 4 aromatic rings. The molecule has 0 bridgehead atoms. The highest BCUT2D eigenvalue weighted by Crippen LogP contribution is 2.33. The molecule has 1 atom stereocenters. The summed E-state index contributed by atoms with van der Waals surface area (Å²) < 4.78 is 51.2. The van der Waals surface area contributed by atoms with Crippen LogP contribution in [-0.2, 0) is 21.4 Å². The number of morpholine rings is 1. The van der Waals surface area contributed by atoms with Gasteiger partial charge in [-0.1, -0.05) is 30.3 Å². The fourth-order valence-corrected chi connectivity index (χ4v) is 7.35. The second kappa shape index (κ2) is 11.4. The highest BCUT2D eigenvalue weighted by Gasteiger charge is 2.38. The Balaban J connectivity index is 1.33. The topological polar surface area (TPSA) is 70.9 Å². The zero-order valence-corrected chi connectivity index (χ0v) is 23.4. The normalized spacial score (nSPS) is 19.8. The predicted octanol–water partition coefficient (Wildman–Crippen LogP) is 3.95. The van der Waals surface area contributed by atoms with Crippen molar-refractivity contribution in [2.24, 2.45) is 0 Å². The lowest BCUT2D eigenvalue weighted by Crippen LogP contribution is -2.56. The molecule has 6 rings (SSSR count). The maximum Gasteiger partial charge on any atom is 0.282 e. The molecule has 1 aromatic heterocycles. The Hall–Kier alpha value is -3.15. The van der Waals surface area contributed by atoms with Gasteiger partial charge in [0.15, 0.2) is 0 Å². The van der Waals surface area contributed by atoms with Crippen molar-refractivity contribution in [3.05, 3.63) is 95.4 Å². The van der Waals surface area contributed by atoms with E-state index in [2.05, 4.69) is 53.3 Å². The fraction of sp³-hybridized carbons (Fsp3) is 0.367. The standard InChI is InChI=1S/C30H34FN5O3S/c1-23-19-29-25(21-32-36(29)27-9-7-26(31)8-10-27)20-28(23)30-22-35(40(37,38)34-15-17-39-18-16-34)14-13-33(30)12-11-24-5-3-2-4-6-24/h2-10,19-21,30H,11-18,22H2,1H3/t30-/m1/s1. The molecule has 0 spiro atoms. The van der Waals surface area contributed by atoms with Crippen LogP contribution in [0.5, 0.6) is 0 Å². The number of aromatic nitrogens is 2. The Morgan fingerprint density at radius 3 is 2.45 bits per heavy atom. The van der Waals surface area contributed by atoms with Gasteiger partial charge in [-0.2, -0.15) is 22.1 Å². The molecule has 8 nitrogen and oxygen atoms in total. The van der Waals surface area contributed by atoms with Crippen LogP contribution in [0.1, 0.15) is 22.7 Å². The van der Waals surface area contributed by atoms with E-state index in [0.29, 0.717) is 45.9 Å². The second-order valence-electron chi connectivity index (χ2n) is 10.5. The summed E-state index contributed by atoms with van der Waals surface area (Å²) >= 11 is 0. The van der Waals surface area contributed by atoms with Gasteiger partial charge in [-0.25, -0.2) is 9.07 Å². The molecule has 2 fully saturated rings. The van der Waals surface area contributed by atoms with Gasteiger partial charge in [0.05, 0.1) is 30.6 Å². The van der Waals surface area contributed by atoms with E-state index < -0.39 is 10.2 Å². The quantitative estimate of drug-likeness (QED) is 0.341. The molecule has 0 aliphatic carbocycles. The van der Waals surface area contributed by atoms with Crippen molar-refractivity contribution in [2.45, 2.75) is 19.4 Å². The highest BCUT2D eigenvalue weighted by molar-refractivity contribution is 7.86. The van der Waals surface area contributed by atoms with E-state index in [4.69, 9.17) is 4.74 Å². The molecule has 3 aromatic carbocycles. The van der Waals surface area contributed by atoms with Crippen LogP contribution in [0.3, 0.4) is 0 Å². The van der Waals surface area contributed by atoms with E-state index in [1.54, 1.807) is 20.7 Å². The smallest absolute Gasteiger partial charge is 0.282 e. The van der Waals surface area contributed by atoms with Gasteiger partial charge in [0.25, 0.3) is 10.2 Å². The Morgan fingerprint density at radius 2 is 1.70 bits per heavy atom. The lowest BCUT2D eigenvalue weighted by Gasteiger charge is -2.43. The minimum Gasteiger partial charge on any atom is -0.379 e. The van der Waals surface area contributed by atoms with Crippen LogP contribution in [0, 0.1) is 12.7 Å². The Labute approximate surface area is 234 Å². The Bertz CT molecular complexity index is 1570. The first kappa shape index (κ1) is 27.0. The molecule has 3 heterocycles. The fourth-order valence-electron chi connectivity index (χ4n) is 5.77. The van der Waals surface area contributed by atoms with Gasteiger partial charge in [-0.15, -0.1) is 0 Å². The summed E-state index contributed by atoms with van der Waals surface area (Å²) in [6.45, 7) is 5.99. The van der Waals surface area contributed by atoms with Crippen LogP contribution in [0.2, 0.25) is 0 Å². The zero-order valence-electron chi connectivity index (χ0n) is 22.6. The molecule has 2 aliphatic rings. The largest absolute Gasteiger partial charge is 0.379 e. The molecule has 0 saturated carbocycles. The van der Waals surface area contributed by atoms with Crippen molar-refractivity contribution >= 4 is 21.1 Å². The molecule has 0 N–H and O–H groups in total. The minimum atomic E-state index is -3.59. The highest BCUT2D eigenvalue weighted by atomic mass is 32.2. The number of halogens is 1. The average molecular weight is 564 g/mol. The molecule has 0 radical (unpaired) electrons. The summed E-state index contributed by atoms with van der Waals surface area (Å²) in [6, 6.07) is 20.8. The van der Waals surface area contributed by atoms with Crippen LogP contribution in [0.15, 0.2) is 72.9 Å². The van der Waals surface area contributed by atoms with Crippen LogP contribution in [0.4, 0.5) is 4.39 Å². The van der Waals surface area contributed by atoms with Crippen LogP contribution in [-0.4, -0.2) is 84.2 Å². The molecular formula is C30H34FN5O3S. The molecule has 0 amide bonds. The number of nitrogens with zero attached hydrogens (tertiary/aromatic N) is 5. The average Bonchev–Trinajstić information content (AvgIpc) is 3.39. The molecule has 210 valence electrons. The Morgan fingerprint density at radius 1 is 0.950 bits per heavy atom. The lowest BCUT2D eigenvalue weighted by molar-refractivity contribution is 0.0651. The first-order valence-corrected chi connectivity index (χ1v) is 15.1. The van der Waals surface area contributed by atoms with E-state index in [0.717, 1.165) is 40.7 Å². The molecule has 10 heteroatoms. The SMILES string of the molecule is Cc1cc2c(cnn2-c2ccc(F)cc2)cc1[C@H]1CN(S(=O)(=O)N2CCOCC2)CCN1CCc1ccccc1. The van der Waals surface area contributed by atoms with Gasteiger partial charge in [-0.05, 0) is 66.4 Å². The van der Waals surface area contributed by atoms with Gasteiger partial charge in [0.2, 0.25) is 0 Å². The number of benzene rings is 3. The van der Waals surface area contributed by atoms with Crippen molar-refractivity contribution in [2.75, 3.05) is 52.5 Å². The van der Waals surface area contributed by atoms with Gasteiger partial charge < -0.3 is 4.74 Å². The lowest BCUT2D eigenvalue weighted by atomic mass is 9.96. The van der Waals surface area contributed by atoms with E-state index >= 15 is 0 Å². The van der Waals surface area contributed by atoms with E-state index in [1.807, 2.05) is 16.9 Å². The minimum absolute atomic E-state index is 0.105. The summed E-state index contributed by atoms with van der Waals surface area (Å²) in [5.74, 6) is -0.289. The van der Waals surface area contributed by atoms with Crippen LogP contribution < -0.4 is 0 Å². The van der Waals surface area contributed by atoms with Crippen molar-refractivity contribution in [1.29, 1.82) is 0 Å². The molecule has 2 aliphatic heterocycles. The van der Waals surface area contributed by atoms with Crippen molar-refractivity contribution in [3.63, 3.8) is 0 Å². The van der Waals surface area contributed by atoms with E-state index in [-0.39, 0.29) is 11.9 Å².